The highest BCUT2D eigenvalue weighted by Gasteiger charge is 2.37. The summed E-state index contributed by atoms with van der Waals surface area (Å²) in [5.74, 6) is 0.406. The van der Waals surface area contributed by atoms with E-state index in [2.05, 4.69) is 13.8 Å². The molecule has 0 aliphatic carbocycles. The first kappa shape index (κ1) is 23.2. The lowest BCUT2D eigenvalue weighted by atomic mass is 9.94. The number of sulfonamides is 1. The van der Waals surface area contributed by atoms with E-state index in [1.54, 1.807) is 27.4 Å². The molecule has 0 aromatic heterocycles. The van der Waals surface area contributed by atoms with Crippen molar-refractivity contribution in [2.45, 2.75) is 63.3 Å². The average molecular weight is 462 g/mol. The Balaban J connectivity index is 1.56. The molecule has 1 aromatic carbocycles. The second-order valence-electron chi connectivity index (χ2n) is 9.84. The fourth-order valence-corrected chi connectivity index (χ4v) is 7.21. The summed E-state index contributed by atoms with van der Waals surface area (Å²) >= 11 is 0. The first-order valence-corrected chi connectivity index (χ1v) is 13.4. The number of piperidine rings is 2. The molecule has 3 saturated heterocycles. The van der Waals surface area contributed by atoms with Gasteiger partial charge in [-0.15, -0.1) is 0 Å². The van der Waals surface area contributed by atoms with Crippen LogP contribution in [0.3, 0.4) is 0 Å². The van der Waals surface area contributed by atoms with Crippen molar-refractivity contribution in [3.05, 3.63) is 29.8 Å². The zero-order valence-corrected chi connectivity index (χ0v) is 20.0. The highest BCUT2D eigenvalue weighted by Crippen LogP contribution is 2.28. The summed E-state index contributed by atoms with van der Waals surface area (Å²) in [6, 6.07) is 5.91. The minimum atomic E-state index is -3.67. The van der Waals surface area contributed by atoms with Crippen LogP contribution in [0.15, 0.2) is 29.2 Å². The maximum Gasteiger partial charge on any atom is 0.254 e. The molecule has 3 aliphatic heterocycles. The number of nitrogens with zero attached hydrogens (tertiary/aromatic N) is 3. The molecule has 7 nitrogen and oxygen atoms in total. The number of hydrogen-bond donors (Lipinski definition) is 0. The topological polar surface area (TPSA) is 78.0 Å². The Hall–Kier alpha value is -1.93. The third-order valence-electron chi connectivity index (χ3n) is 7.02. The summed E-state index contributed by atoms with van der Waals surface area (Å²) in [6.07, 6.45) is 5.50. The molecule has 1 aromatic rings. The molecular formula is C24H35N3O4S. The molecule has 3 atom stereocenters. The molecule has 0 N–H and O–H groups in total. The molecule has 3 fully saturated rings. The highest BCUT2D eigenvalue weighted by atomic mass is 32.2. The van der Waals surface area contributed by atoms with Crippen LogP contribution < -0.4 is 0 Å². The van der Waals surface area contributed by atoms with Crippen LogP contribution in [0.4, 0.5) is 0 Å². The molecule has 4 rings (SSSR count). The Kier molecular flexibility index (Phi) is 6.91. The van der Waals surface area contributed by atoms with Crippen LogP contribution in [0.25, 0.3) is 0 Å². The summed E-state index contributed by atoms with van der Waals surface area (Å²) in [7, 11) is -3.67. The molecule has 0 spiro atoms. The fourth-order valence-electron chi connectivity index (χ4n) is 5.49. The zero-order valence-electron chi connectivity index (χ0n) is 19.2. The highest BCUT2D eigenvalue weighted by molar-refractivity contribution is 7.89. The normalized spacial score (nSPS) is 27.5. The van der Waals surface area contributed by atoms with E-state index in [4.69, 9.17) is 0 Å². The molecule has 8 heteroatoms. The SMILES string of the molecule is CC1CC(C)CN(S(=O)(=O)c2cccc(C(=O)N3CCCCC3C(=O)N3CCCC3)c2)C1. The summed E-state index contributed by atoms with van der Waals surface area (Å²) in [5.41, 5.74) is 0.338. The largest absolute Gasteiger partial charge is 0.341 e. The smallest absolute Gasteiger partial charge is 0.254 e. The van der Waals surface area contributed by atoms with Crippen molar-refractivity contribution in [3.8, 4) is 0 Å². The predicted octanol–water partition coefficient (Wildman–Crippen LogP) is 2.97. The standard InChI is InChI=1S/C24H35N3O4S/c1-18-14-19(2)17-26(16-18)32(30,31)21-9-7-8-20(15-21)23(28)27-13-4-3-10-22(27)24(29)25-11-5-6-12-25/h7-9,15,18-19,22H,3-6,10-14,16-17H2,1-2H3. The molecule has 176 valence electrons. The molecule has 3 heterocycles. The van der Waals surface area contributed by atoms with Gasteiger partial charge in [0.15, 0.2) is 0 Å². The first-order chi connectivity index (χ1) is 15.3. The maximum absolute atomic E-state index is 13.4. The van der Waals surface area contributed by atoms with E-state index in [1.165, 1.54) is 6.07 Å². The van der Waals surface area contributed by atoms with Gasteiger partial charge in [0.05, 0.1) is 4.90 Å². The lowest BCUT2D eigenvalue weighted by Gasteiger charge is -2.37. The Morgan fingerprint density at radius 2 is 1.59 bits per heavy atom. The zero-order chi connectivity index (χ0) is 22.9. The van der Waals surface area contributed by atoms with Crippen LogP contribution in [0.2, 0.25) is 0 Å². The van der Waals surface area contributed by atoms with Gasteiger partial charge in [0, 0.05) is 38.3 Å². The monoisotopic (exact) mass is 461 g/mol. The van der Waals surface area contributed by atoms with Gasteiger partial charge < -0.3 is 9.80 Å². The van der Waals surface area contributed by atoms with E-state index in [-0.39, 0.29) is 16.7 Å². The van der Waals surface area contributed by atoms with Crippen molar-refractivity contribution in [2.75, 3.05) is 32.7 Å². The lowest BCUT2D eigenvalue weighted by molar-refractivity contribution is -0.136. The van der Waals surface area contributed by atoms with E-state index in [9.17, 15) is 18.0 Å². The van der Waals surface area contributed by atoms with Gasteiger partial charge >= 0.3 is 0 Å². The van der Waals surface area contributed by atoms with Crippen molar-refractivity contribution in [1.82, 2.24) is 14.1 Å². The number of likely N-dealkylation sites (tertiary alicyclic amines) is 2. The third kappa shape index (κ3) is 4.71. The molecule has 2 amide bonds. The number of amides is 2. The Morgan fingerprint density at radius 1 is 0.938 bits per heavy atom. The van der Waals surface area contributed by atoms with Gasteiger partial charge in [0.2, 0.25) is 15.9 Å². The van der Waals surface area contributed by atoms with Gasteiger partial charge in [0.1, 0.15) is 6.04 Å². The van der Waals surface area contributed by atoms with Gasteiger partial charge in [-0.2, -0.15) is 4.31 Å². The molecule has 0 radical (unpaired) electrons. The Labute approximate surface area is 191 Å². The fraction of sp³-hybridized carbons (Fsp3) is 0.667. The number of carbonyl (C=O) groups is 2. The van der Waals surface area contributed by atoms with Gasteiger partial charge in [-0.1, -0.05) is 19.9 Å². The van der Waals surface area contributed by atoms with E-state index in [0.29, 0.717) is 43.5 Å². The number of hydrogen-bond acceptors (Lipinski definition) is 4. The van der Waals surface area contributed by atoms with Crippen molar-refractivity contribution in [3.63, 3.8) is 0 Å². The molecule has 3 aliphatic rings. The van der Waals surface area contributed by atoms with E-state index < -0.39 is 16.1 Å². The second-order valence-corrected chi connectivity index (χ2v) is 11.8. The second kappa shape index (κ2) is 9.51. The Bertz CT molecular complexity index is 948. The quantitative estimate of drug-likeness (QED) is 0.691. The van der Waals surface area contributed by atoms with Crippen LogP contribution in [0.5, 0.6) is 0 Å². The number of rotatable bonds is 4. The minimum Gasteiger partial charge on any atom is -0.341 e. The van der Waals surface area contributed by atoms with Gasteiger partial charge in [-0.25, -0.2) is 8.42 Å². The summed E-state index contributed by atoms with van der Waals surface area (Å²) < 4.78 is 28.2. The van der Waals surface area contributed by atoms with E-state index in [1.807, 2.05) is 4.90 Å². The number of carbonyl (C=O) groups excluding carboxylic acids is 2. The molecular weight excluding hydrogens is 426 g/mol. The lowest BCUT2D eigenvalue weighted by Crippen LogP contribution is -2.52. The van der Waals surface area contributed by atoms with E-state index >= 15 is 0 Å². The van der Waals surface area contributed by atoms with Crippen LogP contribution in [0.1, 0.15) is 62.7 Å². The molecule has 3 unspecified atom stereocenters. The summed E-state index contributed by atoms with van der Waals surface area (Å²) in [6.45, 7) is 7.21. The van der Waals surface area contributed by atoms with Crippen molar-refractivity contribution in [2.24, 2.45) is 11.8 Å². The summed E-state index contributed by atoms with van der Waals surface area (Å²) in [5, 5.41) is 0. The molecule has 32 heavy (non-hydrogen) atoms. The summed E-state index contributed by atoms with van der Waals surface area (Å²) in [4.78, 5) is 30.2. The predicted molar refractivity (Wildman–Crippen MR) is 123 cm³/mol. The molecule has 0 saturated carbocycles. The van der Waals surface area contributed by atoms with Crippen molar-refractivity contribution >= 4 is 21.8 Å². The van der Waals surface area contributed by atoms with Crippen LogP contribution in [-0.4, -0.2) is 73.1 Å². The van der Waals surface area contributed by atoms with Crippen molar-refractivity contribution < 1.29 is 18.0 Å². The van der Waals surface area contributed by atoms with E-state index in [0.717, 1.165) is 45.2 Å². The van der Waals surface area contributed by atoms with Gasteiger partial charge in [-0.3, -0.25) is 9.59 Å². The Morgan fingerprint density at radius 3 is 2.28 bits per heavy atom. The van der Waals surface area contributed by atoms with Gasteiger partial charge in [-0.05, 0) is 68.6 Å². The number of benzene rings is 1. The first-order valence-electron chi connectivity index (χ1n) is 12.0. The minimum absolute atomic E-state index is 0.0376. The van der Waals surface area contributed by atoms with Crippen LogP contribution in [-0.2, 0) is 14.8 Å². The molecule has 0 bridgehead atoms. The average Bonchev–Trinajstić information content (AvgIpc) is 3.32. The van der Waals surface area contributed by atoms with Crippen LogP contribution >= 0.6 is 0 Å². The third-order valence-corrected chi connectivity index (χ3v) is 8.85. The van der Waals surface area contributed by atoms with Gasteiger partial charge in [0.25, 0.3) is 5.91 Å². The van der Waals surface area contributed by atoms with Crippen LogP contribution in [0, 0.1) is 11.8 Å². The maximum atomic E-state index is 13.4. The van der Waals surface area contributed by atoms with Crippen molar-refractivity contribution in [1.29, 1.82) is 0 Å².